The topological polar surface area (TPSA) is 40.5 Å². The lowest BCUT2D eigenvalue weighted by molar-refractivity contribution is 0.0551. The molecule has 0 saturated carbocycles. The van der Waals surface area contributed by atoms with E-state index in [9.17, 15) is 4.79 Å². The van der Waals surface area contributed by atoms with Crippen molar-refractivity contribution >= 4 is 5.91 Å². The summed E-state index contributed by atoms with van der Waals surface area (Å²) in [6.45, 7) is 5.24. The first-order valence-electron chi connectivity index (χ1n) is 7.64. The van der Waals surface area contributed by atoms with Crippen molar-refractivity contribution in [1.29, 1.82) is 0 Å². The molecule has 3 nitrogen and oxygen atoms in total. The molecule has 1 heterocycles. The Labute approximate surface area is 127 Å². The third kappa shape index (κ3) is 3.86. The number of benzene rings is 1. The highest BCUT2D eigenvalue weighted by Crippen LogP contribution is 2.24. The van der Waals surface area contributed by atoms with Crippen molar-refractivity contribution in [2.75, 3.05) is 13.2 Å². The molecular weight excluding hydrogens is 262 g/mol. The van der Waals surface area contributed by atoms with E-state index < -0.39 is 0 Å². The summed E-state index contributed by atoms with van der Waals surface area (Å²) in [7, 11) is 0. The molecule has 1 aliphatic heterocycles. The van der Waals surface area contributed by atoms with E-state index in [0.29, 0.717) is 17.9 Å². The molecule has 1 amide bonds. The highest BCUT2D eigenvalue weighted by Gasteiger charge is 2.28. The van der Waals surface area contributed by atoms with Crippen molar-refractivity contribution in [2.24, 2.45) is 5.92 Å². The van der Waals surface area contributed by atoms with Crippen LogP contribution in [-0.4, -0.2) is 35.1 Å². The van der Waals surface area contributed by atoms with Gasteiger partial charge in [-0.05, 0) is 43.9 Å². The molecule has 112 valence electrons. The first-order valence-corrected chi connectivity index (χ1v) is 7.64. The summed E-state index contributed by atoms with van der Waals surface area (Å²) in [5, 5.41) is 8.75. The first kappa shape index (κ1) is 15.6. The molecule has 0 bridgehead atoms. The summed E-state index contributed by atoms with van der Waals surface area (Å²) in [5.74, 6) is 6.52. The zero-order valence-electron chi connectivity index (χ0n) is 12.8. The number of amides is 1. The van der Waals surface area contributed by atoms with E-state index >= 15 is 0 Å². The maximum Gasteiger partial charge on any atom is 0.254 e. The molecular formula is C18H23NO2. The number of aliphatic hydroxyl groups is 1. The number of carbonyl (C=O) groups excluding carboxylic acids is 1. The van der Waals surface area contributed by atoms with Gasteiger partial charge in [0.2, 0.25) is 0 Å². The van der Waals surface area contributed by atoms with Gasteiger partial charge >= 0.3 is 0 Å². The van der Waals surface area contributed by atoms with E-state index in [1.165, 1.54) is 6.42 Å². The summed E-state index contributed by atoms with van der Waals surface area (Å²) in [4.78, 5) is 14.7. The Hall–Kier alpha value is -1.79. The van der Waals surface area contributed by atoms with Crippen LogP contribution in [0, 0.1) is 17.8 Å². The maximum atomic E-state index is 12.7. The van der Waals surface area contributed by atoms with E-state index in [1.54, 1.807) is 0 Å². The molecule has 0 aromatic heterocycles. The fraction of sp³-hybridized carbons (Fsp3) is 0.500. The quantitative estimate of drug-likeness (QED) is 0.849. The molecule has 3 heteroatoms. The third-order valence-corrected chi connectivity index (χ3v) is 4.21. The summed E-state index contributed by atoms with van der Waals surface area (Å²) >= 11 is 0. The summed E-state index contributed by atoms with van der Waals surface area (Å²) in [5.41, 5.74) is 1.53. The van der Waals surface area contributed by atoms with Gasteiger partial charge in [0.05, 0.1) is 6.61 Å². The lowest BCUT2D eigenvalue weighted by Gasteiger charge is -2.38. The van der Waals surface area contributed by atoms with Gasteiger partial charge in [0.15, 0.2) is 0 Å². The van der Waals surface area contributed by atoms with Gasteiger partial charge in [0.1, 0.15) is 0 Å². The van der Waals surface area contributed by atoms with Crippen molar-refractivity contribution in [1.82, 2.24) is 4.90 Å². The highest BCUT2D eigenvalue weighted by molar-refractivity contribution is 5.94. The van der Waals surface area contributed by atoms with Crippen LogP contribution in [0.5, 0.6) is 0 Å². The molecule has 21 heavy (non-hydrogen) atoms. The summed E-state index contributed by atoms with van der Waals surface area (Å²) < 4.78 is 0. The van der Waals surface area contributed by atoms with Gasteiger partial charge in [0.25, 0.3) is 5.91 Å². The van der Waals surface area contributed by atoms with E-state index in [1.807, 2.05) is 29.2 Å². The Bertz CT molecular complexity index is 556. The fourth-order valence-electron chi connectivity index (χ4n) is 2.74. The Balaban J connectivity index is 2.16. The van der Waals surface area contributed by atoms with Crippen LogP contribution in [0.2, 0.25) is 0 Å². The number of aliphatic hydroxyl groups excluding tert-OH is 1. The van der Waals surface area contributed by atoms with Crippen LogP contribution in [0.3, 0.4) is 0 Å². The second-order valence-electron chi connectivity index (χ2n) is 5.71. The van der Waals surface area contributed by atoms with E-state index in [0.717, 1.165) is 18.5 Å². The van der Waals surface area contributed by atoms with Crippen LogP contribution in [-0.2, 0) is 0 Å². The number of hydrogen-bond acceptors (Lipinski definition) is 2. The highest BCUT2D eigenvalue weighted by atomic mass is 16.2. The van der Waals surface area contributed by atoms with Crippen molar-refractivity contribution in [3.8, 4) is 11.8 Å². The summed E-state index contributed by atoms with van der Waals surface area (Å²) in [6.07, 6.45) is 2.73. The molecule has 2 rings (SSSR count). The molecule has 1 aromatic rings. The van der Waals surface area contributed by atoms with Crippen LogP contribution in [0.25, 0.3) is 0 Å². The van der Waals surface area contributed by atoms with Crippen LogP contribution < -0.4 is 0 Å². The molecule has 0 spiro atoms. The van der Waals surface area contributed by atoms with Crippen molar-refractivity contribution in [3.63, 3.8) is 0 Å². The number of hydrogen-bond donors (Lipinski definition) is 1. The standard InChI is InChI=1S/C18H23NO2/c1-14-7-6-11-19(15(14)2)18(21)17-10-5-9-16(13-17)8-3-4-12-20/h5,9-10,13-15,20H,4,6-7,11-12H2,1-2H3. The van der Waals surface area contributed by atoms with Gasteiger partial charge < -0.3 is 10.0 Å². The van der Waals surface area contributed by atoms with E-state index in [-0.39, 0.29) is 18.6 Å². The monoisotopic (exact) mass is 285 g/mol. The number of carbonyl (C=O) groups is 1. The van der Waals surface area contributed by atoms with E-state index in [4.69, 9.17) is 5.11 Å². The molecule has 0 aliphatic carbocycles. The number of nitrogens with zero attached hydrogens (tertiary/aromatic N) is 1. The molecule has 0 radical (unpaired) electrons. The Morgan fingerprint density at radius 1 is 1.43 bits per heavy atom. The van der Waals surface area contributed by atoms with Gasteiger partial charge in [-0.25, -0.2) is 0 Å². The van der Waals surface area contributed by atoms with Crippen LogP contribution in [0.4, 0.5) is 0 Å². The second-order valence-corrected chi connectivity index (χ2v) is 5.71. The maximum absolute atomic E-state index is 12.7. The zero-order valence-corrected chi connectivity index (χ0v) is 12.8. The minimum absolute atomic E-state index is 0.0643. The number of rotatable bonds is 2. The number of piperidine rings is 1. The van der Waals surface area contributed by atoms with Gasteiger partial charge in [-0.1, -0.05) is 24.8 Å². The van der Waals surface area contributed by atoms with Crippen molar-refractivity contribution < 1.29 is 9.90 Å². The minimum atomic E-state index is 0.0643. The molecule has 1 N–H and O–H groups in total. The molecule has 1 aliphatic rings. The average molecular weight is 285 g/mol. The molecule has 2 atom stereocenters. The van der Waals surface area contributed by atoms with Crippen molar-refractivity contribution in [3.05, 3.63) is 35.4 Å². The van der Waals surface area contributed by atoms with Crippen LogP contribution >= 0.6 is 0 Å². The SMILES string of the molecule is CC1CCCN(C(=O)c2cccc(C#CCCO)c2)C1C. The van der Waals surface area contributed by atoms with Gasteiger partial charge in [-0.2, -0.15) is 0 Å². The largest absolute Gasteiger partial charge is 0.395 e. The van der Waals surface area contributed by atoms with Gasteiger partial charge in [-0.3, -0.25) is 4.79 Å². The van der Waals surface area contributed by atoms with Crippen LogP contribution in [0.15, 0.2) is 24.3 Å². The third-order valence-electron chi connectivity index (χ3n) is 4.21. The molecule has 2 unspecified atom stereocenters. The predicted molar refractivity (Wildman–Crippen MR) is 83.9 cm³/mol. The normalized spacial score (nSPS) is 21.6. The molecule has 1 saturated heterocycles. The summed E-state index contributed by atoms with van der Waals surface area (Å²) in [6, 6.07) is 7.75. The predicted octanol–water partition coefficient (Wildman–Crippen LogP) is 2.68. The Morgan fingerprint density at radius 3 is 3.00 bits per heavy atom. The van der Waals surface area contributed by atoms with Gasteiger partial charge in [-0.15, -0.1) is 0 Å². The zero-order chi connectivity index (χ0) is 15.2. The molecule has 1 fully saturated rings. The van der Waals surface area contributed by atoms with Gasteiger partial charge in [0, 0.05) is 30.1 Å². The van der Waals surface area contributed by atoms with E-state index in [2.05, 4.69) is 25.7 Å². The second kappa shape index (κ2) is 7.28. The first-order chi connectivity index (χ1) is 10.1. The lowest BCUT2D eigenvalue weighted by Crippen LogP contribution is -2.46. The minimum Gasteiger partial charge on any atom is -0.395 e. The Morgan fingerprint density at radius 2 is 2.24 bits per heavy atom. The van der Waals surface area contributed by atoms with Crippen LogP contribution in [0.1, 0.15) is 49.0 Å². The average Bonchev–Trinajstić information content (AvgIpc) is 2.50. The van der Waals surface area contributed by atoms with Crippen molar-refractivity contribution in [2.45, 2.75) is 39.2 Å². The fourth-order valence-corrected chi connectivity index (χ4v) is 2.74. The molecule has 1 aromatic carbocycles. The number of likely N-dealkylation sites (tertiary alicyclic amines) is 1. The lowest BCUT2D eigenvalue weighted by atomic mass is 9.91. The smallest absolute Gasteiger partial charge is 0.254 e. The Kier molecular flexibility index (Phi) is 5.41.